The summed E-state index contributed by atoms with van der Waals surface area (Å²) in [6.45, 7) is 2.52. The third kappa shape index (κ3) is 2.88. The van der Waals surface area contributed by atoms with Crippen molar-refractivity contribution in [3.05, 3.63) is 28.5 Å². The number of nitrogens with zero attached hydrogens (tertiary/aromatic N) is 1. The molecule has 0 fully saturated rings. The van der Waals surface area contributed by atoms with Gasteiger partial charge in [0.1, 0.15) is 0 Å². The predicted molar refractivity (Wildman–Crippen MR) is 54.8 cm³/mol. The molecular weight excluding hydrogens is 240 g/mol. The molecule has 6 heteroatoms. The molecule has 1 aromatic heterocycles. The number of aromatic nitrogens is 1. The molecule has 0 aliphatic heterocycles. The third-order valence-corrected chi connectivity index (χ3v) is 2.10. The largest absolute Gasteiger partial charge is 0.461 e. The first-order valence-electron chi connectivity index (χ1n) is 4.57. The van der Waals surface area contributed by atoms with Crippen molar-refractivity contribution >= 4 is 17.6 Å². The summed E-state index contributed by atoms with van der Waals surface area (Å²) in [6, 6.07) is 1.01. The highest BCUT2D eigenvalue weighted by atomic mass is 35.5. The van der Waals surface area contributed by atoms with Crippen LogP contribution in [0.3, 0.4) is 0 Å². The molecular formula is C10H10ClF2NO2. The molecule has 0 atom stereocenters. The number of hydrogen-bond donors (Lipinski definition) is 0. The Balaban J connectivity index is 3.05. The van der Waals surface area contributed by atoms with E-state index in [0.29, 0.717) is 0 Å². The van der Waals surface area contributed by atoms with E-state index < -0.39 is 11.9 Å². The van der Waals surface area contributed by atoms with Crippen molar-refractivity contribution in [1.82, 2.24) is 4.98 Å². The average molecular weight is 250 g/mol. The maximum Gasteiger partial charge on any atom is 0.358 e. The van der Waals surface area contributed by atoms with Crippen LogP contribution in [0.25, 0.3) is 0 Å². The van der Waals surface area contributed by atoms with Gasteiger partial charge in [-0.1, -0.05) is 11.6 Å². The second-order valence-corrected chi connectivity index (χ2v) is 3.57. The molecule has 88 valence electrons. The van der Waals surface area contributed by atoms with E-state index in [0.717, 1.165) is 19.2 Å². The lowest BCUT2D eigenvalue weighted by Crippen LogP contribution is -2.12. The molecule has 0 aromatic carbocycles. The highest BCUT2D eigenvalue weighted by Crippen LogP contribution is 2.29. The minimum absolute atomic E-state index is 0.141. The number of hydrogen-bond acceptors (Lipinski definition) is 3. The molecule has 16 heavy (non-hydrogen) atoms. The van der Waals surface area contributed by atoms with Gasteiger partial charge in [0.15, 0.2) is 5.69 Å². The number of pyridine rings is 1. The Morgan fingerprint density at radius 2 is 2.25 bits per heavy atom. The Morgan fingerprint density at radius 3 is 2.69 bits per heavy atom. The standard InChI is InChI=1S/C10H10ClF2NO2/c1-3-16-9(15)8-7(11)4-6(5-14-8)10(2,12)13/h4-5H,3H2,1-2H3. The van der Waals surface area contributed by atoms with Crippen LogP contribution in [-0.4, -0.2) is 17.6 Å². The number of carbonyl (C=O) groups is 1. The molecule has 0 aliphatic carbocycles. The smallest absolute Gasteiger partial charge is 0.358 e. The van der Waals surface area contributed by atoms with E-state index in [4.69, 9.17) is 11.6 Å². The summed E-state index contributed by atoms with van der Waals surface area (Å²) in [5, 5.41) is -0.141. The first kappa shape index (κ1) is 12.8. The van der Waals surface area contributed by atoms with Gasteiger partial charge in [0.25, 0.3) is 5.92 Å². The van der Waals surface area contributed by atoms with Crippen LogP contribution in [0.2, 0.25) is 5.02 Å². The second kappa shape index (κ2) is 4.74. The van der Waals surface area contributed by atoms with Crippen LogP contribution in [0.4, 0.5) is 8.78 Å². The van der Waals surface area contributed by atoms with E-state index in [2.05, 4.69) is 9.72 Å². The Kier molecular flexibility index (Phi) is 3.80. The van der Waals surface area contributed by atoms with Gasteiger partial charge in [0.05, 0.1) is 11.6 Å². The van der Waals surface area contributed by atoms with Crippen molar-refractivity contribution in [3.63, 3.8) is 0 Å². The van der Waals surface area contributed by atoms with E-state index in [-0.39, 0.29) is 22.9 Å². The Bertz CT molecular complexity index is 404. The van der Waals surface area contributed by atoms with Crippen molar-refractivity contribution in [1.29, 1.82) is 0 Å². The number of alkyl halides is 2. The van der Waals surface area contributed by atoms with Gasteiger partial charge in [-0.05, 0) is 13.0 Å². The monoisotopic (exact) mass is 249 g/mol. The first-order valence-corrected chi connectivity index (χ1v) is 4.95. The van der Waals surface area contributed by atoms with Crippen LogP contribution >= 0.6 is 11.6 Å². The number of esters is 1. The maximum absolute atomic E-state index is 12.9. The van der Waals surface area contributed by atoms with Crippen molar-refractivity contribution in [3.8, 4) is 0 Å². The summed E-state index contributed by atoms with van der Waals surface area (Å²) in [7, 11) is 0. The predicted octanol–water partition coefficient (Wildman–Crippen LogP) is 3.02. The van der Waals surface area contributed by atoms with Gasteiger partial charge in [-0.25, -0.2) is 18.6 Å². The summed E-state index contributed by atoms with van der Waals surface area (Å²) in [6.07, 6.45) is 0.915. The number of carbonyl (C=O) groups excluding carboxylic acids is 1. The normalized spacial score (nSPS) is 11.3. The second-order valence-electron chi connectivity index (χ2n) is 3.16. The van der Waals surface area contributed by atoms with Gasteiger partial charge >= 0.3 is 5.97 Å². The molecule has 0 spiro atoms. The van der Waals surface area contributed by atoms with Gasteiger partial charge in [-0.3, -0.25) is 0 Å². The van der Waals surface area contributed by atoms with Gasteiger partial charge < -0.3 is 4.74 Å². The lowest BCUT2D eigenvalue weighted by atomic mass is 10.1. The van der Waals surface area contributed by atoms with Crippen LogP contribution in [0, 0.1) is 0 Å². The molecule has 0 aliphatic rings. The van der Waals surface area contributed by atoms with E-state index in [1.54, 1.807) is 6.92 Å². The van der Waals surface area contributed by atoms with Gasteiger partial charge in [-0.15, -0.1) is 0 Å². The number of rotatable bonds is 3. The molecule has 1 heterocycles. The van der Waals surface area contributed by atoms with E-state index in [1.165, 1.54) is 0 Å². The van der Waals surface area contributed by atoms with Crippen LogP contribution in [0.15, 0.2) is 12.3 Å². The third-order valence-electron chi connectivity index (χ3n) is 1.82. The van der Waals surface area contributed by atoms with E-state index in [9.17, 15) is 13.6 Å². The molecule has 0 amide bonds. The van der Waals surface area contributed by atoms with Crippen molar-refractivity contribution in [2.75, 3.05) is 6.61 Å². The summed E-state index contributed by atoms with van der Waals surface area (Å²) in [5.41, 5.74) is -0.498. The number of ether oxygens (including phenoxy) is 1. The van der Waals surface area contributed by atoms with E-state index >= 15 is 0 Å². The van der Waals surface area contributed by atoms with Crippen molar-refractivity contribution in [2.24, 2.45) is 0 Å². The minimum Gasteiger partial charge on any atom is -0.461 e. The molecule has 0 radical (unpaired) electrons. The molecule has 0 saturated heterocycles. The topological polar surface area (TPSA) is 39.2 Å². The average Bonchev–Trinajstić information content (AvgIpc) is 2.16. The number of halogens is 3. The maximum atomic E-state index is 12.9. The molecule has 3 nitrogen and oxygen atoms in total. The zero-order valence-electron chi connectivity index (χ0n) is 8.76. The lowest BCUT2D eigenvalue weighted by Gasteiger charge is -2.11. The van der Waals surface area contributed by atoms with Crippen molar-refractivity contribution < 1.29 is 18.3 Å². The van der Waals surface area contributed by atoms with Gasteiger partial charge in [0.2, 0.25) is 0 Å². The van der Waals surface area contributed by atoms with Crippen LogP contribution in [0.5, 0.6) is 0 Å². The highest BCUT2D eigenvalue weighted by Gasteiger charge is 2.26. The van der Waals surface area contributed by atoms with E-state index in [1.807, 2.05) is 0 Å². The minimum atomic E-state index is -3.04. The summed E-state index contributed by atoms with van der Waals surface area (Å²) >= 11 is 5.67. The quantitative estimate of drug-likeness (QED) is 0.773. The summed E-state index contributed by atoms with van der Waals surface area (Å²) < 4.78 is 30.5. The molecule has 0 saturated carbocycles. The fourth-order valence-corrected chi connectivity index (χ4v) is 1.27. The Morgan fingerprint density at radius 1 is 1.62 bits per heavy atom. The SMILES string of the molecule is CCOC(=O)c1ncc(C(C)(F)F)cc1Cl. The highest BCUT2D eigenvalue weighted by molar-refractivity contribution is 6.33. The fourth-order valence-electron chi connectivity index (χ4n) is 1.03. The van der Waals surface area contributed by atoms with Crippen LogP contribution in [0.1, 0.15) is 29.9 Å². The molecule has 0 N–H and O–H groups in total. The Hall–Kier alpha value is -1.23. The zero-order valence-corrected chi connectivity index (χ0v) is 9.52. The summed E-state index contributed by atoms with van der Waals surface area (Å²) in [5.74, 6) is -3.76. The summed E-state index contributed by atoms with van der Waals surface area (Å²) in [4.78, 5) is 14.8. The Labute approximate surface area is 96.4 Å². The lowest BCUT2D eigenvalue weighted by molar-refractivity contribution is 0.0169. The van der Waals surface area contributed by atoms with Crippen molar-refractivity contribution in [2.45, 2.75) is 19.8 Å². The van der Waals surface area contributed by atoms with Gasteiger partial charge in [-0.2, -0.15) is 0 Å². The van der Waals surface area contributed by atoms with Crippen LogP contribution < -0.4 is 0 Å². The fraction of sp³-hybridized carbons (Fsp3) is 0.400. The molecule has 0 bridgehead atoms. The van der Waals surface area contributed by atoms with Gasteiger partial charge in [0, 0.05) is 18.7 Å². The van der Waals surface area contributed by atoms with Crippen LogP contribution in [-0.2, 0) is 10.7 Å². The zero-order chi connectivity index (χ0) is 12.3. The molecule has 1 rings (SSSR count). The molecule has 1 aromatic rings. The molecule has 0 unspecified atom stereocenters. The first-order chi connectivity index (χ1) is 7.36.